The van der Waals surface area contributed by atoms with Crippen molar-refractivity contribution in [1.82, 2.24) is 0 Å². The van der Waals surface area contributed by atoms with E-state index in [0.717, 1.165) is 0 Å². The van der Waals surface area contributed by atoms with Crippen molar-refractivity contribution in [2.75, 3.05) is 0 Å². The zero-order valence-electron chi connectivity index (χ0n) is 13.2. The Kier molecular flexibility index (Phi) is 4.80. The first kappa shape index (κ1) is 14.8. The van der Waals surface area contributed by atoms with Gasteiger partial charge in [0.05, 0.1) is 0 Å². The molecule has 1 fully saturated rings. The van der Waals surface area contributed by atoms with Crippen molar-refractivity contribution >= 4 is 0 Å². The van der Waals surface area contributed by atoms with E-state index >= 15 is 0 Å². The lowest BCUT2D eigenvalue weighted by atomic mass is 9.69. The summed E-state index contributed by atoms with van der Waals surface area (Å²) in [5, 5.41) is 0. The molecule has 1 nitrogen and oxygen atoms in total. The summed E-state index contributed by atoms with van der Waals surface area (Å²) in [7, 11) is 0. The van der Waals surface area contributed by atoms with E-state index in [1.165, 1.54) is 69.8 Å². The van der Waals surface area contributed by atoms with Gasteiger partial charge in [0, 0.05) is 11.5 Å². The van der Waals surface area contributed by atoms with Gasteiger partial charge in [-0.1, -0.05) is 67.7 Å². The van der Waals surface area contributed by atoms with Crippen LogP contribution < -0.4 is 5.73 Å². The van der Waals surface area contributed by atoms with Gasteiger partial charge in [0.15, 0.2) is 0 Å². The van der Waals surface area contributed by atoms with Crippen LogP contribution in [-0.4, -0.2) is 6.04 Å². The summed E-state index contributed by atoms with van der Waals surface area (Å²) in [6, 6.07) is 11.3. The Balaban J connectivity index is 1.89. The minimum Gasteiger partial charge on any atom is -0.323 e. The normalized spacial score (nSPS) is 26.4. The average Bonchev–Trinajstić information content (AvgIpc) is 2.98. The van der Waals surface area contributed by atoms with Crippen LogP contribution in [0.25, 0.3) is 0 Å². The topological polar surface area (TPSA) is 26.0 Å². The monoisotopic (exact) mass is 283 g/mol. The highest BCUT2D eigenvalue weighted by molar-refractivity contribution is 5.34. The van der Waals surface area contributed by atoms with Crippen molar-refractivity contribution < 1.29 is 0 Å². The quantitative estimate of drug-likeness (QED) is 0.767. The summed E-state index contributed by atoms with van der Waals surface area (Å²) >= 11 is 0. The average molecular weight is 283 g/mol. The largest absolute Gasteiger partial charge is 0.323 e. The highest BCUT2D eigenvalue weighted by atomic mass is 14.7. The smallest absolute Gasteiger partial charge is 0.0352 e. The van der Waals surface area contributed by atoms with Gasteiger partial charge in [0.1, 0.15) is 0 Å². The zero-order valence-corrected chi connectivity index (χ0v) is 13.2. The molecule has 0 radical (unpaired) electrons. The fraction of sp³-hybridized carbons (Fsp3) is 0.600. The van der Waals surface area contributed by atoms with Crippen LogP contribution in [0.15, 0.2) is 42.0 Å². The standard InChI is InChI=1S/C20H29N/c21-19(17-11-5-2-1-3-6-12-17)20(15-9-10-16-20)18-13-7-4-8-14-18/h4,7-8,11,13-14,19H,1-3,5-6,9-10,12,15-16,21H2/b17-11+. The lowest BCUT2D eigenvalue weighted by Crippen LogP contribution is -2.45. The predicted molar refractivity (Wildman–Crippen MR) is 90.3 cm³/mol. The Morgan fingerprint density at radius 1 is 0.857 bits per heavy atom. The predicted octanol–water partition coefficient (Wildman–Crippen LogP) is 5.11. The third-order valence-corrected chi connectivity index (χ3v) is 5.67. The van der Waals surface area contributed by atoms with Crippen molar-refractivity contribution in [2.45, 2.75) is 75.7 Å². The molecule has 0 heterocycles. The molecule has 1 aromatic carbocycles. The van der Waals surface area contributed by atoms with Gasteiger partial charge in [-0.25, -0.2) is 0 Å². The molecule has 2 aliphatic carbocycles. The minimum absolute atomic E-state index is 0.201. The molecule has 0 aliphatic heterocycles. The maximum Gasteiger partial charge on any atom is 0.0352 e. The molecule has 3 rings (SSSR count). The first-order valence-corrected chi connectivity index (χ1v) is 8.83. The molecule has 2 aliphatic rings. The van der Waals surface area contributed by atoms with Crippen molar-refractivity contribution in [2.24, 2.45) is 5.73 Å². The van der Waals surface area contributed by atoms with Crippen LogP contribution in [0.5, 0.6) is 0 Å². The second kappa shape index (κ2) is 6.79. The molecule has 21 heavy (non-hydrogen) atoms. The maximum absolute atomic E-state index is 6.87. The van der Waals surface area contributed by atoms with E-state index in [2.05, 4.69) is 36.4 Å². The van der Waals surface area contributed by atoms with Crippen LogP contribution in [0.2, 0.25) is 0 Å². The first-order chi connectivity index (χ1) is 10.3. The van der Waals surface area contributed by atoms with Gasteiger partial charge in [-0.05, 0) is 44.1 Å². The minimum atomic E-state index is 0.201. The first-order valence-electron chi connectivity index (χ1n) is 8.83. The van der Waals surface area contributed by atoms with Gasteiger partial charge >= 0.3 is 0 Å². The van der Waals surface area contributed by atoms with E-state index in [-0.39, 0.29) is 11.5 Å². The Morgan fingerprint density at radius 2 is 1.57 bits per heavy atom. The number of allylic oxidation sites excluding steroid dienone is 1. The molecule has 0 bridgehead atoms. The molecule has 1 atom stereocenters. The number of hydrogen-bond acceptors (Lipinski definition) is 1. The van der Waals surface area contributed by atoms with E-state index in [4.69, 9.17) is 5.73 Å². The van der Waals surface area contributed by atoms with Crippen LogP contribution >= 0.6 is 0 Å². The SMILES string of the molecule is NC(/C1=C/CCCCCC1)C1(c2ccccc2)CCCC1. The Hall–Kier alpha value is -1.08. The van der Waals surface area contributed by atoms with Crippen molar-refractivity contribution in [3.8, 4) is 0 Å². The highest BCUT2D eigenvalue weighted by Crippen LogP contribution is 2.45. The van der Waals surface area contributed by atoms with Crippen LogP contribution in [0.1, 0.15) is 69.8 Å². The summed E-state index contributed by atoms with van der Waals surface area (Å²) in [5.41, 5.74) is 10.1. The van der Waals surface area contributed by atoms with E-state index in [1.807, 2.05) is 0 Å². The zero-order chi connectivity index (χ0) is 14.5. The van der Waals surface area contributed by atoms with Crippen LogP contribution in [-0.2, 0) is 5.41 Å². The van der Waals surface area contributed by atoms with Gasteiger partial charge < -0.3 is 5.73 Å². The van der Waals surface area contributed by atoms with Gasteiger partial charge in [-0.2, -0.15) is 0 Å². The summed E-state index contributed by atoms with van der Waals surface area (Å²) < 4.78 is 0. The third-order valence-electron chi connectivity index (χ3n) is 5.67. The van der Waals surface area contributed by atoms with E-state index in [0.29, 0.717) is 0 Å². The van der Waals surface area contributed by atoms with Crippen molar-refractivity contribution in [3.63, 3.8) is 0 Å². The number of hydrogen-bond donors (Lipinski definition) is 1. The summed E-state index contributed by atoms with van der Waals surface area (Å²) in [6.07, 6.45) is 15.5. The molecular formula is C20H29N. The number of benzene rings is 1. The number of nitrogens with two attached hydrogens (primary N) is 1. The molecule has 1 heteroatoms. The fourth-order valence-electron chi connectivity index (χ4n) is 4.41. The molecule has 0 spiro atoms. The Bertz CT molecular complexity index is 468. The lowest BCUT2D eigenvalue weighted by molar-refractivity contribution is 0.372. The van der Waals surface area contributed by atoms with Gasteiger partial charge in [-0.15, -0.1) is 0 Å². The third kappa shape index (κ3) is 3.08. The molecule has 1 aromatic rings. The van der Waals surface area contributed by atoms with Gasteiger partial charge in [0.25, 0.3) is 0 Å². The summed E-state index contributed by atoms with van der Waals surface area (Å²) in [5.74, 6) is 0. The van der Waals surface area contributed by atoms with Gasteiger partial charge in [-0.3, -0.25) is 0 Å². The molecule has 1 saturated carbocycles. The van der Waals surface area contributed by atoms with Crippen LogP contribution in [0, 0.1) is 0 Å². The lowest BCUT2D eigenvalue weighted by Gasteiger charge is -2.38. The van der Waals surface area contributed by atoms with E-state index in [1.54, 1.807) is 5.57 Å². The molecule has 0 amide bonds. The summed E-state index contributed by atoms with van der Waals surface area (Å²) in [6.45, 7) is 0. The molecule has 0 aromatic heterocycles. The van der Waals surface area contributed by atoms with Crippen LogP contribution in [0.4, 0.5) is 0 Å². The van der Waals surface area contributed by atoms with E-state index in [9.17, 15) is 0 Å². The Morgan fingerprint density at radius 3 is 2.33 bits per heavy atom. The van der Waals surface area contributed by atoms with Gasteiger partial charge in [0.2, 0.25) is 0 Å². The van der Waals surface area contributed by atoms with Crippen molar-refractivity contribution in [1.29, 1.82) is 0 Å². The second-order valence-electron chi connectivity index (χ2n) is 6.94. The fourth-order valence-corrected chi connectivity index (χ4v) is 4.41. The molecule has 0 saturated heterocycles. The van der Waals surface area contributed by atoms with Crippen molar-refractivity contribution in [3.05, 3.63) is 47.5 Å². The summed E-state index contributed by atoms with van der Waals surface area (Å²) in [4.78, 5) is 0. The van der Waals surface area contributed by atoms with E-state index < -0.39 is 0 Å². The maximum atomic E-state index is 6.87. The molecular weight excluding hydrogens is 254 g/mol. The Labute approximate surface area is 129 Å². The van der Waals surface area contributed by atoms with Crippen LogP contribution in [0.3, 0.4) is 0 Å². The second-order valence-corrected chi connectivity index (χ2v) is 6.94. The number of rotatable bonds is 3. The molecule has 2 N–H and O–H groups in total. The highest BCUT2D eigenvalue weighted by Gasteiger charge is 2.42. The molecule has 1 unspecified atom stereocenters. The molecule has 114 valence electrons.